The molecule has 7 heteroatoms. The molecule has 0 spiro atoms. The number of nitrogens with one attached hydrogen (secondary N) is 1. The Bertz CT molecular complexity index is 594. The second-order valence-electron chi connectivity index (χ2n) is 3.70. The zero-order valence-electron chi connectivity index (χ0n) is 9.36. The fourth-order valence-corrected chi connectivity index (χ4v) is 2.09. The molecule has 0 amide bonds. The summed E-state index contributed by atoms with van der Waals surface area (Å²) >= 11 is 1.39. The number of hydrogen-bond donors (Lipinski definition) is 2. The van der Waals surface area contributed by atoms with E-state index in [2.05, 4.69) is 5.32 Å². The second kappa shape index (κ2) is 4.93. The van der Waals surface area contributed by atoms with Gasteiger partial charge in [0.2, 0.25) is 0 Å². The van der Waals surface area contributed by atoms with Gasteiger partial charge in [0.05, 0.1) is 16.8 Å². The third-order valence-electron chi connectivity index (χ3n) is 2.38. The van der Waals surface area contributed by atoms with Crippen molar-refractivity contribution in [2.45, 2.75) is 6.18 Å². The Morgan fingerprint density at radius 1 is 1.26 bits per heavy atom. The zero-order valence-corrected chi connectivity index (χ0v) is 10.2. The van der Waals surface area contributed by atoms with Gasteiger partial charge < -0.3 is 10.4 Å². The molecular weight excluding hydrogens is 279 g/mol. The van der Waals surface area contributed by atoms with Gasteiger partial charge in [-0.15, -0.1) is 0 Å². The quantitative estimate of drug-likeness (QED) is 0.889. The minimum Gasteiger partial charge on any atom is -0.478 e. The minimum absolute atomic E-state index is 0.124. The van der Waals surface area contributed by atoms with E-state index < -0.39 is 23.3 Å². The summed E-state index contributed by atoms with van der Waals surface area (Å²) in [6, 6.07) is 4.29. The van der Waals surface area contributed by atoms with Crippen molar-refractivity contribution < 1.29 is 23.1 Å². The molecule has 1 aromatic carbocycles. The van der Waals surface area contributed by atoms with Crippen LogP contribution in [0.25, 0.3) is 0 Å². The van der Waals surface area contributed by atoms with Gasteiger partial charge in [-0.25, -0.2) is 4.79 Å². The van der Waals surface area contributed by atoms with Crippen LogP contribution < -0.4 is 5.32 Å². The van der Waals surface area contributed by atoms with Crippen molar-refractivity contribution >= 4 is 28.7 Å². The molecule has 0 unspecified atom stereocenters. The van der Waals surface area contributed by atoms with Crippen molar-refractivity contribution in [2.24, 2.45) is 0 Å². The van der Waals surface area contributed by atoms with Crippen molar-refractivity contribution in [3.05, 3.63) is 46.2 Å². The highest BCUT2D eigenvalue weighted by Crippen LogP contribution is 2.32. The third-order valence-corrected chi connectivity index (χ3v) is 3.06. The standard InChI is InChI=1S/C12H8F3NO2S/c13-12(14,15)7-1-2-10(9(5-7)11(17)18)16-8-3-4-19-6-8/h1-6,16H,(H,17,18). The van der Waals surface area contributed by atoms with Gasteiger partial charge in [-0.1, -0.05) is 0 Å². The Morgan fingerprint density at radius 2 is 2.00 bits per heavy atom. The van der Waals surface area contributed by atoms with E-state index in [-0.39, 0.29) is 5.69 Å². The van der Waals surface area contributed by atoms with E-state index in [0.29, 0.717) is 11.8 Å². The number of carbonyl (C=O) groups is 1. The third kappa shape index (κ3) is 3.05. The SMILES string of the molecule is O=C(O)c1cc(C(F)(F)F)ccc1Nc1ccsc1. The molecule has 0 aliphatic rings. The molecule has 0 saturated carbocycles. The molecule has 0 bridgehead atoms. The first-order chi connectivity index (χ1) is 8.88. The average Bonchev–Trinajstić information content (AvgIpc) is 2.80. The molecule has 3 nitrogen and oxygen atoms in total. The van der Waals surface area contributed by atoms with Gasteiger partial charge in [-0.3, -0.25) is 0 Å². The lowest BCUT2D eigenvalue weighted by molar-refractivity contribution is -0.137. The largest absolute Gasteiger partial charge is 0.478 e. The van der Waals surface area contributed by atoms with Gasteiger partial charge in [0.25, 0.3) is 0 Å². The van der Waals surface area contributed by atoms with Gasteiger partial charge in [-0.2, -0.15) is 24.5 Å². The number of carboxylic acids is 1. The maximum atomic E-state index is 12.5. The van der Waals surface area contributed by atoms with Crippen LogP contribution in [0.5, 0.6) is 0 Å². The van der Waals surface area contributed by atoms with E-state index in [4.69, 9.17) is 5.11 Å². The summed E-state index contributed by atoms with van der Waals surface area (Å²) in [5.74, 6) is -1.41. The number of halogens is 3. The lowest BCUT2D eigenvalue weighted by Gasteiger charge is -2.12. The van der Waals surface area contributed by atoms with E-state index in [1.165, 1.54) is 11.3 Å². The molecule has 0 fully saturated rings. The van der Waals surface area contributed by atoms with E-state index in [0.717, 1.165) is 12.1 Å². The number of anilines is 2. The van der Waals surface area contributed by atoms with Crippen LogP contribution >= 0.6 is 11.3 Å². The van der Waals surface area contributed by atoms with E-state index in [1.54, 1.807) is 16.8 Å². The zero-order chi connectivity index (χ0) is 14.0. The molecule has 0 aliphatic heterocycles. The van der Waals surface area contributed by atoms with Crippen LogP contribution in [0.2, 0.25) is 0 Å². The number of aromatic carboxylic acids is 1. The highest BCUT2D eigenvalue weighted by atomic mass is 32.1. The van der Waals surface area contributed by atoms with E-state index in [1.807, 2.05) is 0 Å². The summed E-state index contributed by atoms with van der Waals surface area (Å²) < 4.78 is 37.6. The first kappa shape index (κ1) is 13.4. The molecule has 0 saturated heterocycles. The number of carboxylic acid groups (broad SMARTS) is 1. The lowest BCUT2D eigenvalue weighted by Crippen LogP contribution is -2.09. The van der Waals surface area contributed by atoms with Crippen molar-refractivity contribution in [3.8, 4) is 0 Å². The predicted molar refractivity (Wildman–Crippen MR) is 66.0 cm³/mol. The van der Waals surface area contributed by atoms with Gasteiger partial charge in [-0.05, 0) is 29.6 Å². The van der Waals surface area contributed by atoms with Crippen molar-refractivity contribution in [1.82, 2.24) is 0 Å². The van der Waals surface area contributed by atoms with Crippen molar-refractivity contribution in [2.75, 3.05) is 5.32 Å². The Kier molecular flexibility index (Phi) is 3.48. The summed E-state index contributed by atoms with van der Waals surface area (Å²) in [6.07, 6.45) is -4.56. The van der Waals surface area contributed by atoms with Crippen molar-refractivity contribution in [3.63, 3.8) is 0 Å². The average molecular weight is 287 g/mol. The van der Waals surface area contributed by atoms with Crippen LogP contribution in [0, 0.1) is 0 Å². The maximum Gasteiger partial charge on any atom is 0.416 e. The number of thiophene rings is 1. The van der Waals surface area contributed by atoms with Gasteiger partial charge >= 0.3 is 12.1 Å². The molecule has 100 valence electrons. The smallest absolute Gasteiger partial charge is 0.416 e. The summed E-state index contributed by atoms with van der Waals surface area (Å²) in [5.41, 5.74) is -0.645. The molecule has 2 N–H and O–H groups in total. The number of rotatable bonds is 3. The Morgan fingerprint density at radius 3 is 2.53 bits per heavy atom. The summed E-state index contributed by atoms with van der Waals surface area (Å²) in [6.45, 7) is 0. The van der Waals surface area contributed by atoms with Crippen LogP contribution in [-0.2, 0) is 6.18 Å². The fraction of sp³-hybridized carbons (Fsp3) is 0.0833. The number of benzene rings is 1. The lowest BCUT2D eigenvalue weighted by atomic mass is 10.1. The first-order valence-corrected chi connectivity index (χ1v) is 6.06. The molecule has 2 aromatic rings. The molecule has 2 rings (SSSR count). The fourth-order valence-electron chi connectivity index (χ4n) is 1.50. The van der Waals surface area contributed by atoms with Crippen LogP contribution in [-0.4, -0.2) is 11.1 Å². The Labute approximate surface area is 110 Å². The summed E-state index contributed by atoms with van der Waals surface area (Å²) in [7, 11) is 0. The van der Waals surface area contributed by atoms with Crippen LogP contribution in [0.3, 0.4) is 0 Å². The van der Waals surface area contributed by atoms with Crippen LogP contribution in [0.4, 0.5) is 24.5 Å². The minimum atomic E-state index is -4.56. The molecule has 1 aromatic heterocycles. The van der Waals surface area contributed by atoms with Crippen LogP contribution in [0.1, 0.15) is 15.9 Å². The molecule has 0 radical (unpaired) electrons. The predicted octanol–water partition coefficient (Wildman–Crippen LogP) is 4.21. The number of hydrogen-bond acceptors (Lipinski definition) is 3. The van der Waals surface area contributed by atoms with Gasteiger partial charge in [0.15, 0.2) is 0 Å². The molecule has 0 aliphatic carbocycles. The topological polar surface area (TPSA) is 49.3 Å². The number of alkyl halides is 3. The maximum absolute atomic E-state index is 12.5. The monoisotopic (exact) mass is 287 g/mol. The van der Waals surface area contributed by atoms with Gasteiger partial charge in [0, 0.05) is 11.1 Å². The highest BCUT2D eigenvalue weighted by Gasteiger charge is 2.31. The second-order valence-corrected chi connectivity index (χ2v) is 4.48. The normalized spacial score (nSPS) is 11.3. The summed E-state index contributed by atoms with van der Waals surface area (Å²) in [4.78, 5) is 11.0. The molecule has 1 heterocycles. The van der Waals surface area contributed by atoms with E-state index >= 15 is 0 Å². The molecule has 19 heavy (non-hydrogen) atoms. The Hall–Kier alpha value is -2.02. The molecule has 0 atom stereocenters. The molecular formula is C12H8F3NO2S. The van der Waals surface area contributed by atoms with E-state index in [9.17, 15) is 18.0 Å². The highest BCUT2D eigenvalue weighted by molar-refractivity contribution is 7.08. The van der Waals surface area contributed by atoms with Crippen molar-refractivity contribution in [1.29, 1.82) is 0 Å². The van der Waals surface area contributed by atoms with Gasteiger partial charge in [0.1, 0.15) is 0 Å². The summed E-state index contributed by atoms with van der Waals surface area (Å²) in [5, 5.41) is 15.3. The first-order valence-electron chi connectivity index (χ1n) is 5.11. The Balaban J connectivity index is 2.41. The van der Waals surface area contributed by atoms with Crippen LogP contribution in [0.15, 0.2) is 35.0 Å².